The number of carbonyl (C=O) groups excluding carboxylic acids is 2. The minimum absolute atomic E-state index is 0.160. The molecule has 0 fully saturated rings. The number of carboxylic acids is 1. The van der Waals surface area contributed by atoms with E-state index in [0.717, 1.165) is 11.0 Å². The van der Waals surface area contributed by atoms with E-state index in [-0.39, 0.29) is 24.8 Å². The third-order valence-corrected chi connectivity index (χ3v) is 3.61. The Kier molecular flexibility index (Phi) is 5.23. The van der Waals surface area contributed by atoms with Crippen molar-refractivity contribution in [1.29, 1.82) is 0 Å². The summed E-state index contributed by atoms with van der Waals surface area (Å²) < 4.78 is 13.7. The summed E-state index contributed by atoms with van der Waals surface area (Å²) in [5.41, 5.74) is 0.751. The number of carbonyl (C=O) groups is 3. The highest BCUT2D eigenvalue weighted by Crippen LogP contribution is 2.22. The Morgan fingerprint density at radius 3 is 2.35 bits per heavy atom. The maximum atomic E-state index is 13.7. The van der Waals surface area contributed by atoms with Crippen LogP contribution in [0.5, 0.6) is 0 Å². The van der Waals surface area contributed by atoms with E-state index in [4.69, 9.17) is 5.11 Å². The first kappa shape index (κ1) is 16.8. The van der Waals surface area contributed by atoms with Crippen LogP contribution >= 0.6 is 0 Å². The van der Waals surface area contributed by atoms with Crippen molar-refractivity contribution < 1.29 is 23.9 Å². The summed E-state index contributed by atoms with van der Waals surface area (Å²) in [6.45, 7) is 0.160. The van der Waals surface area contributed by atoms with Crippen LogP contribution in [0.4, 0.5) is 4.39 Å². The van der Waals surface area contributed by atoms with Gasteiger partial charge in [0.05, 0.1) is 11.1 Å². The molecule has 7 heteroatoms. The minimum Gasteiger partial charge on any atom is -0.480 e. The molecule has 6 nitrogen and oxygen atoms in total. The predicted octanol–water partition coefficient (Wildman–Crippen LogP) is 1.59. The van der Waals surface area contributed by atoms with Gasteiger partial charge >= 0.3 is 5.97 Å². The van der Waals surface area contributed by atoms with Crippen LogP contribution in [0, 0.1) is 0 Å². The quantitative estimate of drug-likeness (QED) is 0.588. The fourth-order valence-electron chi connectivity index (χ4n) is 2.43. The minimum atomic E-state index is -1.38. The number of amides is 2. The van der Waals surface area contributed by atoms with Crippen molar-refractivity contribution in [3.05, 3.63) is 47.3 Å². The topological polar surface area (TPSA) is 86.7 Å². The zero-order chi connectivity index (χ0) is 17.0. The van der Waals surface area contributed by atoms with Crippen LogP contribution < -0.4 is 5.32 Å². The van der Waals surface area contributed by atoms with Gasteiger partial charge < -0.3 is 10.4 Å². The van der Waals surface area contributed by atoms with Gasteiger partial charge in [-0.05, 0) is 32.0 Å². The molecule has 1 heterocycles. The fourth-order valence-corrected chi connectivity index (χ4v) is 2.43. The van der Waals surface area contributed by atoms with Crippen molar-refractivity contribution in [1.82, 2.24) is 10.2 Å². The molecule has 0 aromatic heterocycles. The summed E-state index contributed by atoms with van der Waals surface area (Å²) in [4.78, 5) is 36.1. The van der Waals surface area contributed by atoms with E-state index in [1.807, 2.05) is 0 Å². The second-order valence-corrected chi connectivity index (χ2v) is 5.10. The molecule has 1 aromatic carbocycles. The summed E-state index contributed by atoms with van der Waals surface area (Å²) in [6, 6.07) is 5.19. The van der Waals surface area contributed by atoms with E-state index >= 15 is 0 Å². The maximum Gasteiger partial charge on any atom is 0.327 e. The van der Waals surface area contributed by atoms with Gasteiger partial charge in [-0.2, -0.15) is 0 Å². The standard InChI is InChI=1S/C16H17FN2O4/c1-18-13(16(22)23)12(17)8-4-5-9-19-14(20)10-6-2-3-7-11(10)15(19)21/h2-3,6-8,13,18H,4-5,9H2,1H3,(H,22,23)/b12-8+. The van der Waals surface area contributed by atoms with Gasteiger partial charge in [0.15, 0.2) is 6.04 Å². The monoisotopic (exact) mass is 320 g/mol. The summed E-state index contributed by atoms with van der Waals surface area (Å²) in [6.07, 6.45) is 1.74. The molecule has 1 aliphatic rings. The molecule has 23 heavy (non-hydrogen) atoms. The Morgan fingerprint density at radius 2 is 1.87 bits per heavy atom. The van der Waals surface area contributed by atoms with Gasteiger partial charge in [0, 0.05) is 6.54 Å². The number of nitrogens with one attached hydrogen (secondary N) is 1. The van der Waals surface area contributed by atoms with E-state index in [2.05, 4.69) is 5.32 Å². The van der Waals surface area contributed by atoms with E-state index in [1.54, 1.807) is 24.3 Å². The van der Waals surface area contributed by atoms with Crippen molar-refractivity contribution in [3.8, 4) is 0 Å². The first-order valence-electron chi connectivity index (χ1n) is 7.18. The molecule has 122 valence electrons. The zero-order valence-electron chi connectivity index (χ0n) is 12.6. The Labute approximate surface area is 132 Å². The van der Waals surface area contributed by atoms with Crippen LogP contribution in [-0.2, 0) is 4.79 Å². The Morgan fingerprint density at radius 1 is 1.30 bits per heavy atom. The largest absolute Gasteiger partial charge is 0.480 e. The smallest absolute Gasteiger partial charge is 0.327 e. The molecule has 0 bridgehead atoms. The van der Waals surface area contributed by atoms with Crippen LogP contribution in [0.2, 0.25) is 0 Å². The van der Waals surface area contributed by atoms with E-state index in [0.29, 0.717) is 17.5 Å². The van der Waals surface area contributed by atoms with Crippen LogP contribution in [0.1, 0.15) is 33.6 Å². The van der Waals surface area contributed by atoms with Gasteiger partial charge in [-0.25, -0.2) is 4.39 Å². The molecule has 0 aliphatic carbocycles. The first-order valence-corrected chi connectivity index (χ1v) is 7.18. The molecule has 1 aromatic rings. The van der Waals surface area contributed by atoms with Crippen LogP contribution in [0.3, 0.4) is 0 Å². The number of hydrogen-bond donors (Lipinski definition) is 2. The highest BCUT2D eigenvalue weighted by atomic mass is 19.1. The molecule has 1 unspecified atom stereocenters. The molecule has 1 atom stereocenters. The summed E-state index contributed by atoms with van der Waals surface area (Å²) in [7, 11) is 1.35. The van der Waals surface area contributed by atoms with Crippen molar-refractivity contribution in [2.75, 3.05) is 13.6 Å². The number of halogens is 1. The molecule has 0 radical (unpaired) electrons. The van der Waals surface area contributed by atoms with Gasteiger partial charge in [-0.15, -0.1) is 0 Å². The Balaban J connectivity index is 1.92. The molecule has 2 rings (SSSR count). The number of fused-ring (bicyclic) bond motifs is 1. The van der Waals surface area contributed by atoms with Crippen molar-refractivity contribution in [2.24, 2.45) is 0 Å². The number of aliphatic carboxylic acids is 1. The number of rotatable bonds is 7. The Hall–Kier alpha value is -2.54. The molecule has 1 aliphatic heterocycles. The van der Waals surface area contributed by atoms with Gasteiger partial charge in [-0.3, -0.25) is 19.3 Å². The highest BCUT2D eigenvalue weighted by molar-refractivity contribution is 6.21. The number of imide groups is 1. The summed E-state index contributed by atoms with van der Waals surface area (Å²) in [5.74, 6) is -2.80. The highest BCUT2D eigenvalue weighted by Gasteiger charge is 2.34. The second-order valence-electron chi connectivity index (χ2n) is 5.10. The number of unbranched alkanes of at least 4 members (excludes halogenated alkanes) is 1. The van der Waals surface area contributed by atoms with Crippen molar-refractivity contribution in [2.45, 2.75) is 18.9 Å². The number of hydrogen-bond acceptors (Lipinski definition) is 4. The molecular formula is C16H17FN2O4. The summed E-state index contributed by atoms with van der Waals surface area (Å²) in [5, 5.41) is 11.1. The lowest BCUT2D eigenvalue weighted by molar-refractivity contribution is -0.138. The second kappa shape index (κ2) is 7.15. The molecule has 0 spiro atoms. The third-order valence-electron chi connectivity index (χ3n) is 3.61. The molecule has 0 saturated carbocycles. The van der Waals surface area contributed by atoms with Crippen molar-refractivity contribution >= 4 is 17.8 Å². The van der Waals surface area contributed by atoms with Crippen LogP contribution in [0.15, 0.2) is 36.2 Å². The number of likely N-dealkylation sites (N-methyl/N-ethyl adjacent to an activating group) is 1. The average molecular weight is 320 g/mol. The fraction of sp³-hybridized carbons (Fsp3) is 0.312. The third kappa shape index (κ3) is 3.45. The van der Waals surface area contributed by atoms with Gasteiger partial charge in [0.25, 0.3) is 11.8 Å². The van der Waals surface area contributed by atoms with E-state index in [9.17, 15) is 18.8 Å². The number of allylic oxidation sites excluding steroid dienone is 1. The normalized spacial score (nSPS) is 15.7. The predicted molar refractivity (Wildman–Crippen MR) is 80.7 cm³/mol. The number of carboxylic acid groups (broad SMARTS) is 1. The van der Waals surface area contributed by atoms with Gasteiger partial charge in [0.2, 0.25) is 0 Å². The number of nitrogens with zero attached hydrogens (tertiary/aromatic N) is 1. The van der Waals surface area contributed by atoms with Crippen LogP contribution in [0.25, 0.3) is 0 Å². The SMILES string of the molecule is CNC(C(=O)O)/C(F)=C\CCCN1C(=O)c2ccccc2C1=O. The van der Waals surface area contributed by atoms with E-state index in [1.165, 1.54) is 7.05 Å². The molecular weight excluding hydrogens is 303 g/mol. The lowest BCUT2D eigenvalue weighted by atomic mass is 10.1. The van der Waals surface area contributed by atoms with Crippen molar-refractivity contribution in [3.63, 3.8) is 0 Å². The average Bonchev–Trinajstić information content (AvgIpc) is 2.77. The molecule has 2 N–H and O–H groups in total. The zero-order valence-corrected chi connectivity index (χ0v) is 12.6. The van der Waals surface area contributed by atoms with E-state index < -0.39 is 17.8 Å². The maximum absolute atomic E-state index is 13.7. The molecule has 2 amide bonds. The lowest BCUT2D eigenvalue weighted by Gasteiger charge is -2.13. The van der Waals surface area contributed by atoms with Crippen LogP contribution in [-0.4, -0.2) is 47.4 Å². The van der Waals surface area contributed by atoms with Gasteiger partial charge in [-0.1, -0.05) is 18.2 Å². The molecule has 0 saturated heterocycles. The lowest BCUT2D eigenvalue weighted by Crippen LogP contribution is -2.34. The Bertz CT molecular complexity index is 637. The first-order chi connectivity index (χ1) is 11.0. The number of benzene rings is 1. The van der Waals surface area contributed by atoms with Gasteiger partial charge in [0.1, 0.15) is 5.83 Å². The summed E-state index contributed by atoms with van der Waals surface area (Å²) >= 11 is 0.